The lowest BCUT2D eigenvalue weighted by molar-refractivity contribution is -0.0938. The van der Waals surface area contributed by atoms with Crippen LogP contribution in [0.5, 0.6) is 0 Å². The van der Waals surface area contributed by atoms with Gasteiger partial charge in [0.2, 0.25) is 0 Å². The number of hydrogen-bond acceptors (Lipinski definition) is 2. The first-order valence-corrected chi connectivity index (χ1v) is 4.59. The van der Waals surface area contributed by atoms with Crippen LogP contribution in [0.3, 0.4) is 0 Å². The van der Waals surface area contributed by atoms with Gasteiger partial charge in [0.1, 0.15) is 0 Å². The fourth-order valence-corrected chi connectivity index (χ4v) is 1.38. The van der Waals surface area contributed by atoms with Gasteiger partial charge in [-0.25, -0.2) is 0 Å². The highest BCUT2D eigenvalue weighted by atomic mass is 35.5. The summed E-state index contributed by atoms with van der Waals surface area (Å²) in [5.74, 6) is 0. The van der Waals surface area contributed by atoms with Crippen LogP contribution in [-0.2, 0) is 11.3 Å². The summed E-state index contributed by atoms with van der Waals surface area (Å²) in [4.78, 5) is 0. The maximum absolute atomic E-state index is 8.89. The van der Waals surface area contributed by atoms with Gasteiger partial charge in [-0.15, -0.1) is 0 Å². The highest BCUT2D eigenvalue weighted by Crippen LogP contribution is 2.24. The number of benzene rings is 1. The molecule has 1 aromatic carbocycles. The molecular formula is C9H10Cl2O2. The van der Waals surface area contributed by atoms with Gasteiger partial charge in [0.25, 0.3) is 0 Å². The maximum atomic E-state index is 8.89. The number of aliphatic hydroxyl groups is 1. The highest BCUT2D eigenvalue weighted by Gasteiger charge is 2.06. The smallest absolute Gasteiger partial charge is 0.152 e. The van der Waals surface area contributed by atoms with E-state index in [0.717, 1.165) is 0 Å². The normalized spacial score (nSPS) is 12.9. The monoisotopic (exact) mass is 220 g/mol. The molecule has 0 aliphatic carbocycles. The summed E-state index contributed by atoms with van der Waals surface area (Å²) in [5, 5.41) is 9.99. The summed E-state index contributed by atoms with van der Waals surface area (Å²) in [5.41, 5.74) is 0.701. The Morgan fingerprint density at radius 3 is 2.38 bits per heavy atom. The first-order valence-electron chi connectivity index (χ1n) is 3.84. The molecule has 0 heterocycles. The molecule has 4 heteroatoms. The molecule has 13 heavy (non-hydrogen) atoms. The minimum atomic E-state index is -0.813. The van der Waals surface area contributed by atoms with Crippen LogP contribution >= 0.6 is 23.2 Å². The van der Waals surface area contributed by atoms with E-state index in [-0.39, 0.29) is 6.61 Å². The molecule has 0 saturated heterocycles. The second-order valence-corrected chi connectivity index (χ2v) is 3.42. The molecule has 1 N–H and O–H groups in total. The lowest BCUT2D eigenvalue weighted by atomic mass is 10.2. The minimum absolute atomic E-state index is 0.218. The van der Waals surface area contributed by atoms with Crippen molar-refractivity contribution in [3.05, 3.63) is 33.8 Å². The third-order valence-electron chi connectivity index (χ3n) is 1.53. The van der Waals surface area contributed by atoms with Gasteiger partial charge in [-0.3, -0.25) is 0 Å². The van der Waals surface area contributed by atoms with Crippen LogP contribution < -0.4 is 0 Å². The second kappa shape index (κ2) is 4.82. The van der Waals surface area contributed by atoms with Crippen LogP contribution in [0.4, 0.5) is 0 Å². The fraction of sp³-hybridized carbons (Fsp3) is 0.333. The molecule has 0 spiro atoms. The molecule has 0 saturated carbocycles. The Labute approximate surface area is 87.0 Å². The Balaban J connectivity index is 2.75. The predicted molar refractivity (Wildman–Crippen MR) is 52.9 cm³/mol. The Kier molecular flexibility index (Phi) is 4.00. The van der Waals surface area contributed by atoms with Crippen molar-refractivity contribution in [2.24, 2.45) is 0 Å². The first kappa shape index (κ1) is 10.8. The van der Waals surface area contributed by atoms with Crippen molar-refractivity contribution < 1.29 is 9.84 Å². The van der Waals surface area contributed by atoms with Gasteiger partial charge < -0.3 is 9.84 Å². The number of hydrogen-bond donors (Lipinski definition) is 1. The second-order valence-electron chi connectivity index (χ2n) is 2.61. The van der Waals surface area contributed by atoms with Crippen molar-refractivity contribution in [1.29, 1.82) is 0 Å². The zero-order valence-corrected chi connectivity index (χ0v) is 8.64. The van der Waals surface area contributed by atoms with E-state index in [4.69, 9.17) is 33.0 Å². The van der Waals surface area contributed by atoms with Crippen molar-refractivity contribution in [2.45, 2.75) is 19.8 Å². The van der Waals surface area contributed by atoms with E-state index in [0.29, 0.717) is 15.6 Å². The summed E-state index contributed by atoms with van der Waals surface area (Å²) in [7, 11) is 0. The van der Waals surface area contributed by atoms with E-state index in [1.54, 1.807) is 18.2 Å². The molecule has 0 amide bonds. The summed E-state index contributed by atoms with van der Waals surface area (Å²) < 4.78 is 4.98. The van der Waals surface area contributed by atoms with E-state index in [1.165, 1.54) is 6.92 Å². The van der Waals surface area contributed by atoms with Crippen LogP contribution in [0.25, 0.3) is 0 Å². The molecule has 72 valence electrons. The molecule has 1 atom stereocenters. The van der Waals surface area contributed by atoms with Crippen molar-refractivity contribution in [2.75, 3.05) is 0 Å². The number of halogens is 2. The standard InChI is InChI=1S/C9H10Cl2O2/c1-6(12)13-5-7-8(10)3-2-4-9(7)11/h2-4,6,12H,5H2,1H3. The van der Waals surface area contributed by atoms with Crippen molar-refractivity contribution in [3.8, 4) is 0 Å². The van der Waals surface area contributed by atoms with E-state index >= 15 is 0 Å². The zero-order chi connectivity index (χ0) is 9.84. The molecule has 0 radical (unpaired) electrons. The van der Waals surface area contributed by atoms with Crippen LogP contribution in [-0.4, -0.2) is 11.4 Å². The Bertz CT molecular complexity index is 267. The average Bonchev–Trinajstić information content (AvgIpc) is 2.03. The maximum Gasteiger partial charge on any atom is 0.152 e. The molecule has 0 aliphatic rings. The van der Waals surface area contributed by atoms with Crippen LogP contribution in [0.2, 0.25) is 10.0 Å². The number of aliphatic hydroxyl groups excluding tert-OH is 1. The molecule has 2 nitrogen and oxygen atoms in total. The highest BCUT2D eigenvalue weighted by molar-refractivity contribution is 6.35. The van der Waals surface area contributed by atoms with Crippen molar-refractivity contribution in [1.82, 2.24) is 0 Å². The van der Waals surface area contributed by atoms with Gasteiger partial charge in [-0.2, -0.15) is 0 Å². The first-order chi connectivity index (χ1) is 6.11. The van der Waals surface area contributed by atoms with E-state index in [1.807, 2.05) is 0 Å². The molecule has 0 fully saturated rings. The largest absolute Gasteiger partial charge is 0.368 e. The van der Waals surface area contributed by atoms with Crippen LogP contribution in [0, 0.1) is 0 Å². The zero-order valence-electron chi connectivity index (χ0n) is 7.13. The third-order valence-corrected chi connectivity index (χ3v) is 2.24. The van der Waals surface area contributed by atoms with Gasteiger partial charge in [-0.05, 0) is 19.1 Å². The summed E-state index contributed by atoms with van der Waals surface area (Å²) in [6.07, 6.45) is -0.813. The van der Waals surface area contributed by atoms with Gasteiger partial charge in [-0.1, -0.05) is 29.3 Å². The Morgan fingerprint density at radius 1 is 1.38 bits per heavy atom. The predicted octanol–water partition coefficient (Wildman–Crippen LogP) is 2.85. The topological polar surface area (TPSA) is 29.5 Å². The van der Waals surface area contributed by atoms with Gasteiger partial charge >= 0.3 is 0 Å². The molecule has 1 rings (SSSR count). The average molecular weight is 221 g/mol. The third kappa shape index (κ3) is 3.16. The van der Waals surface area contributed by atoms with Gasteiger partial charge in [0.05, 0.1) is 6.61 Å². The Morgan fingerprint density at radius 2 is 1.92 bits per heavy atom. The van der Waals surface area contributed by atoms with E-state index in [2.05, 4.69) is 0 Å². The van der Waals surface area contributed by atoms with E-state index < -0.39 is 6.29 Å². The lowest BCUT2D eigenvalue weighted by Gasteiger charge is -2.09. The number of rotatable bonds is 3. The van der Waals surface area contributed by atoms with Crippen LogP contribution in [0.15, 0.2) is 18.2 Å². The lowest BCUT2D eigenvalue weighted by Crippen LogP contribution is -2.06. The van der Waals surface area contributed by atoms with Crippen molar-refractivity contribution >= 4 is 23.2 Å². The molecule has 1 aromatic rings. The van der Waals surface area contributed by atoms with E-state index in [9.17, 15) is 0 Å². The van der Waals surface area contributed by atoms with Gasteiger partial charge in [0.15, 0.2) is 6.29 Å². The minimum Gasteiger partial charge on any atom is -0.368 e. The number of ether oxygens (including phenoxy) is 1. The van der Waals surface area contributed by atoms with Gasteiger partial charge in [0, 0.05) is 15.6 Å². The molecule has 0 aromatic heterocycles. The summed E-state index contributed by atoms with van der Waals surface area (Å²) in [6, 6.07) is 5.22. The van der Waals surface area contributed by atoms with Crippen LogP contribution in [0.1, 0.15) is 12.5 Å². The van der Waals surface area contributed by atoms with Crippen molar-refractivity contribution in [3.63, 3.8) is 0 Å². The SMILES string of the molecule is CC(O)OCc1c(Cl)cccc1Cl. The summed E-state index contributed by atoms with van der Waals surface area (Å²) in [6.45, 7) is 1.75. The Hall–Kier alpha value is -0.280. The molecule has 0 aliphatic heterocycles. The molecule has 1 unspecified atom stereocenters. The summed E-state index contributed by atoms with van der Waals surface area (Å²) >= 11 is 11.7. The molecular weight excluding hydrogens is 211 g/mol. The molecule has 0 bridgehead atoms. The quantitative estimate of drug-likeness (QED) is 0.795. The fourth-order valence-electron chi connectivity index (χ4n) is 0.874.